The summed E-state index contributed by atoms with van der Waals surface area (Å²) in [6.45, 7) is 0. The Kier molecular flexibility index (Phi) is 7.39. The van der Waals surface area contributed by atoms with Gasteiger partial charge in [-0.15, -0.1) is 10.2 Å². The molecular weight excluding hydrogens is 546 g/mol. The fourth-order valence-corrected chi connectivity index (χ4v) is 4.84. The van der Waals surface area contributed by atoms with Crippen LogP contribution in [-0.2, 0) is 0 Å². The van der Waals surface area contributed by atoms with Crippen molar-refractivity contribution in [3.63, 3.8) is 0 Å². The van der Waals surface area contributed by atoms with Gasteiger partial charge in [0.1, 0.15) is 6.33 Å². The van der Waals surface area contributed by atoms with Crippen LogP contribution in [0.2, 0.25) is 0 Å². The highest BCUT2D eigenvalue weighted by Crippen LogP contribution is 2.35. The zero-order valence-corrected chi connectivity index (χ0v) is 23.5. The number of nitrogens with zero attached hydrogens (tertiary/aromatic N) is 9. The third-order valence-corrected chi connectivity index (χ3v) is 6.93. The highest BCUT2D eigenvalue weighted by atomic mass is 15.6. The van der Waals surface area contributed by atoms with Crippen molar-refractivity contribution in [2.24, 2.45) is 20.7 Å². The van der Waals surface area contributed by atoms with Crippen LogP contribution in [0.5, 0.6) is 0 Å². The van der Waals surface area contributed by atoms with Gasteiger partial charge in [0.2, 0.25) is 0 Å². The van der Waals surface area contributed by atoms with Gasteiger partial charge in [-0.25, -0.2) is 0 Å². The van der Waals surface area contributed by atoms with Gasteiger partial charge in [0.15, 0.2) is 0 Å². The normalized spacial score (nSPS) is 11.5. The van der Waals surface area contributed by atoms with Gasteiger partial charge >= 0.3 is 0 Å². The van der Waals surface area contributed by atoms with Crippen molar-refractivity contribution in [2.75, 3.05) is 10.0 Å². The molecule has 0 fully saturated rings. The number of benzene rings is 6. The first-order valence-electron chi connectivity index (χ1n) is 14.0. The Hall–Kier alpha value is -6.35. The first-order valence-corrected chi connectivity index (χ1v) is 14.0. The standard InChI is InChI=1S/C35H25N9/c1-3-17-28(18-4-1)39-41-43(32-23-11-15-26-13-7-9-21-30(26)32)34-36-25-37-35(38-34)44(42-40-29-19-5-2-6-20-29)33-24-12-16-27-14-8-10-22-31(27)33/h1-25H. The van der Waals surface area contributed by atoms with Crippen LogP contribution in [0.1, 0.15) is 0 Å². The van der Waals surface area contributed by atoms with E-state index in [2.05, 4.69) is 54.9 Å². The maximum absolute atomic E-state index is 4.89. The van der Waals surface area contributed by atoms with Crippen LogP contribution in [0, 0.1) is 0 Å². The Morgan fingerprint density at radius 1 is 0.409 bits per heavy atom. The predicted octanol–water partition coefficient (Wildman–Crippen LogP) is 9.85. The van der Waals surface area contributed by atoms with Gasteiger partial charge in [-0.05, 0) is 47.2 Å². The second-order valence-corrected chi connectivity index (χ2v) is 9.76. The fraction of sp³-hybridized carbons (Fsp3) is 0. The van der Waals surface area contributed by atoms with Crippen molar-refractivity contribution in [1.29, 1.82) is 0 Å². The van der Waals surface area contributed by atoms with Crippen molar-refractivity contribution in [3.8, 4) is 0 Å². The summed E-state index contributed by atoms with van der Waals surface area (Å²) < 4.78 is 0. The van der Waals surface area contributed by atoms with E-state index in [4.69, 9.17) is 4.98 Å². The smallest absolute Gasteiger partial charge is 0.199 e. The van der Waals surface area contributed by atoms with Crippen molar-refractivity contribution in [1.82, 2.24) is 15.0 Å². The van der Waals surface area contributed by atoms with Crippen molar-refractivity contribution < 1.29 is 0 Å². The molecule has 0 spiro atoms. The minimum absolute atomic E-state index is 0.270. The number of hydrogen-bond acceptors (Lipinski definition) is 7. The average Bonchev–Trinajstić information content (AvgIpc) is 3.10. The molecule has 0 aliphatic carbocycles. The zero-order chi connectivity index (χ0) is 29.6. The topological polar surface area (TPSA) is 94.6 Å². The van der Waals surface area contributed by atoms with Crippen LogP contribution in [-0.4, -0.2) is 15.0 Å². The lowest BCUT2D eigenvalue weighted by Crippen LogP contribution is -2.17. The molecule has 0 radical (unpaired) electrons. The molecule has 7 aromatic rings. The van der Waals surface area contributed by atoms with Crippen molar-refractivity contribution in [3.05, 3.63) is 152 Å². The third-order valence-electron chi connectivity index (χ3n) is 6.93. The quantitative estimate of drug-likeness (QED) is 0.134. The molecule has 210 valence electrons. The average molecular weight is 572 g/mol. The van der Waals surface area contributed by atoms with Gasteiger partial charge in [-0.3, -0.25) is 0 Å². The number of anilines is 4. The van der Waals surface area contributed by atoms with E-state index in [1.165, 1.54) is 6.33 Å². The molecule has 0 aliphatic rings. The zero-order valence-electron chi connectivity index (χ0n) is 23.5. The summed E-state index contributed by atoms with van der Waals surface area (Å²) in [7, 11) is 0. The Labute approximate surface area is 253 Å². The maximum Gasteiger partial charge on any atom is 0.257 e. The molecule has 9 nitrogen and oxygen atoms in total. The summed E-state index contributed by atoms with van der Waals surface area (Å²) in [5, 5.41) is 25.6. The van der Waals surface area contributed by atoms with E-state index >= 15 is 0 Å². The van der Waals surface area contributed by atoms with Crippen LogP contribution in [0.15, 0.2) is 173 Å². The Balaban J connectivity index is 1.38. The third kappa shape index (κ3) is 5.57. The molecular formula is C35H25N9. The second-order valence-electron chi connectivity index (χ2n) is 9.76. The van der Waals surface area contributed by atoms with Crippen molar-refractivity contribution in [2.45, 2.75) is 0 Å². The lowest BCUT2D eigenvalue weighted by atomic mass is 10.1. The van der Waals surface area contributed by atoms with E-state index in [1.54, 1.807) is 10.0 Å². The summed E-state index contributed by atoms with van der Waals surface area (Å²) in [5.74, 6) is 0.539. The predicted molar refractivity (Wildman–Crippen MR) is 174 cm³/mol. The van der Waals surface area contributed by atoms with E-state index in [0.717, 1.165) is 32.9 Å². The van der Waals surface area contributed by atoms with Crippen LogP contribution in [0.25, 0.3) is 21.5 Å². The number of rotatable bonds is 8. The Morgan fingerprint density at radius 3 is 1.30 bits per heavy atom. The van der Waals surface area contributed by atoms with Gasteiger partial charge in [-0.2, -0.15) is 25.0 Å². The summed E-state index contributed by atoms with van der Waals surface area (Å²) >= 11 is 0. The van der Waals surface area contributed by atoms with Crippen LogP contribution >= 0.6 is 0 Å². The monoisotopic (exact) mass is 571 g/mol. The van der Waals surface area contributed by atoms with Gasteiger partial charge in [-0.1, -0.05) is 120 Å². The first-order chi connectivity index (χ1) is 21.8. The lowest BCUT2D eigenvalue weighted by Gasteiger charge is -2.21. The van der Waals surface area contributed by atoms with E-state index < -0.39 is 0 Å². The SMILES string of the molecule is c1ccc(N=NN(c2ncnc(N(N=Nc3ccccc3)c3cccc4ccccc34)n2)c2cccc3ccccc23)cc1. The molecule has 0 unspecified atom stereocenters. The Bertz CT molecular complexity index is 1940. The molecule has 0 aliphatic heterocycles. The number of fused-ring (bicyclic) bond motifs is 2. The molecule has 9 heteroatoms. The summed E-state index contributed by atoms with van der Waals surface area (Å²) in [6, 6.07) is 47.2. The molecule has 1 aromatic heterocycles. The van der Waals surface area contributed by atoms with Gasteiger partial charge in [0, 0.05) is 10.8 Å². The minimum Gasteiger partial charge on any atom is -0.199 e. The van der Waals surface area contributed by atoms with Crippen LogP contribution in [0.3, 0.4) is 0 Å². The summed E-state index contributed by atoms with van der Waals surface area (Å²) in [4.78, 5) is 14.0. The van der Waals surface area contributed by atoms with E-state index in [1.807, 2.05) is 121 Å². The molecule has 7 rings (SSSR count). The molecule has 44 heavy (non-hydrogen) atoms. The highest BCUT2D eigenvalue weighted by molar-refractivity contribution is 5.96. The van der Waals surface area contributed by atoms with Crippen LogP contribution in [0.4, 0.5) is 34.6 Å². The molecule has 0 bridgehead atoms. The fourth-order valence-electron chi connectivity index (χ4n) is 4.84. The summed E-state index contributed by atoms with van der Waals surface area (Å²) in [5.41, 5.74) is 2.92. The largest absolute Gasteiger partial charge is 0.257 e. The van der Waals surface area contributed by atoms with Gasteiger partial charge in [0.25, 0.3) is 11.9 Å². The first kappa shape index (κ1) is 26.5. The number of hydrogen-bond donors (Lipinski definition) is 0. The van der Waals surface area contributed by atoms with E-state index in [-0.39, 0.29) is 11.9 Å². The molecule has 0 N–H and O–H groups in total. The van der Waals surface area contributed by atoms with Crippen LogP contribution < -0.4 is 10.0 Å². The van der Waals surface area contributed by atoms with E-state index in [0.29, 0.717) is 11.4 Å². The number of aromatic nitrogens is 3. The lowest BCUT2D eigenvalue weighted by molar-refractivity contribution is 0.859. The van der Waals surface area contributed by atoms with Crippen molar-refractivity contribution >= 4 is 56.2 Å². The second kappa shape index (κ2) is 12.3. The summed E-state index contributed by atoms with van der Waals surface area (Å²) in [6.07, 6.45) is 1.45. The molecule has 0 saturated carbocycles. The van der Waals surface area contributed by atoms with E-state index in [9.17, 15) is 0 Å². The van der Waals surface area contributed by atoms with Gasteiger partial charge < -0.3 is 0 Å². The van der Waals surface area contributed by atoms with Gasteiger partial charge in [0.05, 0.1) is 22.7 Å². The highest BCUT2D eigenvalue weighted by Gasteiger charge is 2.21. The maximum atomic E-state index is 4.89. The molecule has 0 atom stereocenters. The Morgan fingerprint density at radius 2 is 0.818 bits per heavy atom. The molecule has 6 aromatic carbocycles. The molecule has 1 heterocycles. The minimum atomic E-state index is 0.270. The molecule has 0 amide bonds. The molecule has 0 saturated heterocycles.